The molecular formula is C17H18N4S. The van der Waals surface area contributed by atoms with Crippen LogP contribution in [0.5, 0.6) is 0 Å². The minimum atomic E-state index is 0.896. The van der Waals surface area contributed by atoms with Crippen LogP contribution in [-0.2, 0) is 7.05 Å². The number of hydrogen-bond donors (Lipinski definition) is 1. The molecule has 4 nitrogen and oxygen atoms in total. The molecule has 0 atom stereocenters. The second kappa shape index (κ2) is 6.15. The Labute approximate surface area is 133 Å². The van der Waals surface area contributed by atoms with Gasteiger partial charge in [-0.3, -0.25) is 0 Å². The molecule has 0 saturated carbocycles. The summed E-state index contributed by atoms with van der Waals surface area (Å²) in [5.41, 5.74) is 4.24. The molecule has 0 amide bonds. The molecule has 1 N–H and O–H groups in total. The lowest BCUT2D eigenvalue weighted by Crippen LogP contribution is -2.09. The molecular weight excluding hydrogens is 292 g/mol. The largest absolute Gasteiger partial charge is 0.355 e. The fourth-order valence-corrected chi connectivity index (χ4v) is 3.08. The first-order valence-corrected chi connectivity index (χ1v) is 7.92. The van der Waals surface area contributed by atoms with Crippen molar-refractivity contribution < 1.29 is 0 Å². The quantitative estimate of drug-likeness (QED) is 0.569. The highest BCUT2D eigenvalue weighted by molar-refractivity contribution is 7.16. The van der Waals surface area contributed by atoms with Gasteiger partial charge in [0.25, 0.3) is 0 Å². The zero-order valence-electron chi connectivity index (χ0n) is 12.9. The highest BCUT2D eigenvalue weighted by Crippen LogP contribution is 2.23. The van der Waals surface area contributed by atoms with Gasteiger partial charge in [-0.25, -0.2) is 0 Å². The highest BCUT2D eigenvalue weighted by Gasteiger charge is 2.04. The number of rotatable bonds is 3. The Morgan fingerprint density at radius 1 is 1.05 bits per heavy atom. The number of benzene rings is 2. The smallest absolute Gasteiger partial charge is 0.211 e. The number of hydrogen-bond acceptors (Lipinski definition) is 4. The average Bonchev–Trinajstić information content (AvgIpc) is 2.83. The van der Waals surface area contributed by atoms with Gasteiger partial charge in [-0.05, 0) is 44.2 Å². The molecule has 22 heavy (non-hydrogen) atoms. The molecule has 0 aliphatic heterocycles. The second-order valence-corrected chi connectivity index (χ2v) is 6.27. The first-order valence-electron chi connectivity index (χ1n) is 7.10. The van der Waals surface area contributed by atoms with Crippen molar-refractivity contribution in [1.29, 1.82) is 0 Å². The van der Waals surface area contributed by atoms with Gasteiger partial charge in [0, 0.05) is 24.1 Å². The Hall–Kier alpha value is -2.40. The van der Waals surface area contributed by atoms with Crippen LogP contribution in [0.2, 0.25) is 0 Å². The Kier molecular flexibility index (Phi) is 4.06. The lowest BCUT2D eigenvalue weighted by Gasteiger charge is -2.06. The molecule has 0 saturated heterocycles. The van der Waals surface area contributed by atoms with Crippen molar-refractivity contribution in [2.75, 3.05) is 5.32 Å². The van der Waals surface area contributed by atoms with Crippen LogP contribution < -0.4 is 10.1 Å². The summed E-state index contributed by atoms with van der Waals surface area (Å²) in [7, 11) is 2.02. The zero-order valence-corrected chi connectivity index (χ0v) is 13.7. The van der Waals surface area contributed by atoms with Crippen molar-refractivity contribution in [2.45, 2.75) is 13.8 Å². The first kappa shape index (κ1) is 14.5. The lowest BCUT2D eigenvalue weighted by molar-refractivity contribution is 0.888. The van der Waals surface area contributed by atoms with E-state index in [1.807, 2.05) is 39.1 Å². The summed E-state index contributed by atoms with van der Waals surface area (Å²) in [6.45, 7) is 3.89. The molecule has 5 heteroatoms. The van der Waals surface area contributed by atoms with Gasteiger partial charge in [0.05, 0.1) is 10.2 Å². The fraction of sp³-hybridized carbons (Fsp3) is 0.176. The molecule has 0 aliphatic rings. The summed E-state index contributed by atoms with van der Waals surface area (Å²) < 4.78 is 3.27. The van der Waals surface area contributed by atoms with Gasteiger partial charge in [0.2, 0.25) is 4.80 Å². The molecule has 1 aromatic heterocycles. The molecule has 0 aliphatic carbocycles. The van der Waals surface area contributed by atoms with E-state index in [-0.39, 0.29) is 0 Å². The normalized spacial score (nSPS) is 11.7. The van der Waals surface area contributed by atoms with Gasteiger partial charge < -0.3 is 9.88 Å². The molecule has 0 unspecified atom stereocenters. The third kappa shape index (κ3) is 3.09. The number of aryl methyl sites for hydroxylation is 1. The van der Waals surface area contributed by atoms with Crippen LogP contribution in [0.3, 0.4) is 0 Å². The summed E-state index contributed by atoms with van der Waals surface area (Å²) in [5.74, 6) is 0. The van der Waals surface area contributed by atoms with E-state index in [4.69, 9.17) is 0 Å². The van der Waals surface area contributed by atoms with E-state index in [1.54, 1.807) is 11.3 Å². The number of nitrogens with zero attached hydrogens (tertiary/aromatic N) is 3. The van der Waals surface area contributed by atoms with E-state index in [0.717, 1.165) is 27.4 Å². The topological polar surface area (TPSA) is 41.7 Å². The maximum absolute atomic E-state index is 4.31. The van der Waals surface area contributed by atoms with Crippen molar-refractivity contribution in [3.63, 3.8) is 0 Å². The summed E-state index contributed by atoms with van der Waals surface area (Å²) in [6, 6.07) is 16.5. The summed E-state index contributed by atoms with van der Waals surface area (Å²) in [5, 5.41) is 11.9. The van der Waals surface area contributed by atoms with Crippen LogP contribution in [-0.4, -0.2) is 10.3 Å². The summed E-state index contributed by atoms with van der Waals surface area (Å²) in [4.78, 5) is 0.896. The molecule has 0 bridgehead atoms. The molecule has 0 radical (unpaired) electrons. The number of fused-ring (bicyclic) bond motifs is 1. The molecule has 0 fully saturated rings. The van der Waals surface area contributed by atoms with Crippen molar-refractivity contribution in [2.24, 2.45) is 17.3 Å². The minimum Gasteiger partial charge on any atom is -0.355 e. The van der Waals surface area contributed by atoms with Gasteiger partial charge in [0.15, 0.2) is 0 Å². The van der Waals surface area contributed by atoms with E-state index < -0.39 is 0 Å². The maximum Gasteiger partial charge on any atom is 0.211 e. The van der Waals surface area contributed by atoms with Crippen LogP contribution in [0.15, 0.2) is 58.7 Å². The first-order chi connectivity index (χ1) is 10.6. The van der Waals surface area contributed by atoms with Crippen molar-refractivity contribution in [1.82, 2.24) is 4.57 Å². The molecule has 3 aromatic rings. The van der Waals surface area contributed by atoms with Crippen LogP contribution in [0, 0.1) is 0 Å². The van der Waals surface area contributed by atoms with Crippen LogP contribution in [0.1, 0.15) is 13.8 Å². The van der Waals surface area contributed by atoms with Gasteiger partial charge in [-0.1, -0.05) is 29.5 Å². The molecule has 112 valence electrons. The van der Waals surface area contributed by atoms with E-state index >= 15 is 0 Å². The summed E-state index contributed by atoms with van der Waals surface area (Å²) in [6.07, 6.45) is 0. The number of thiazole rings is 1. The molecule has 3 rings (SSSR count). The van der Waals surface area contributed by atoms with Crippen molar-refractivity contribution in [3.05, 3.63) is 53.3 Å². The third-order valence-corrected chi connectivity index (χ3v) is 4.31. The fourth-order valence-electron chi connectivity index (χ4n) is 2.13. The van der Waals surface area contributed by atoms with Crippen LogP contribution in [0.25, 0.3) is 10.2 Å². The van der Waals surface area contributed by atoms with Crippen molar-refractivity contribution >= 4 is 38.6 Å². The predicted molar refractivity (Wildman–Crippen MR) is 94.9 cm³/mol. The number of anilines is 2. The Bertz CT molecular complexity index is 884. The van der Waals surface area contributed by atoms with Gasteiger partial charge in [0.1, 0.15) is 0 Å². The highest BCUT2D eigenvalue weighted by atomic mass is 32.1. The van der Waals surface area contributed by atoms with Gasteiger partial charge >= 0.3 is 0 Å². The van der Waals surface area contributed by atoms with Gasteiger partial charge in [-0.15, -0.1) is 5.10 Å². The monoisotopic (exact) mass is 310 g/mol. The number of aromatic nitrogens is 1. The van der Waals surface area contributed by atoms with E-state index in [2.05, 4.69) is 50.4 Å². The van der Waals surface area contributed by atoms with E-state index in [1.165, 1.54) is 4.70 Å². The van der Waals surface area contributed by atoms with E-state index in [9.17, 15) is 0 Å². The lowest BCUT2D eigenvalue weighted by atomic mass is 10.2. The second-order valence-electron chi connectivity index (χ2n) is 5.26. The van der Waals surface area contributed by atoms with Gasteiger partial charge in [-0.2, -0.15) is 5.10 Å². The minimum absolute atomic E-state index is 0.896. The zero-order chi connectivity index (χ0) is 15.5. The van der Waals surface area contributed by atoms with Crippen LogP contribution in [0.4, 0.5) is 11.4 Å². The van der Waals surface area contributed by atoms with Crippen LogP contribution >= 0.6 is 11.3 Å². The predicted octanol–water partition coefficient (Wildman–Crippen LogP) is 4.28. The standard InChI is InChI=1S/C17H18N4S/c1-12(2)19-20-17-21(3)15-11-14(9-10-16(15)22-17)18-13-7-5-4-6-8-13/h4-11,18H,1-3H3/b20-17-. The molecule has 1 heterocycles. The average molecular weight is 310 g/mol. The van der Waals surface area contributed by atoms with E-state index in [0.29, 0.717) is 0 Å². The Balaban J connectivity index is 2.01. The Morgan fingerprint density at radius 3 is 2.55 bits per heavy atom. The summed E-state index contributed by atoms with van der Waals surface area (Å²) >= 11 is 1.64. The Morgan fingerprint density at radius 2 is 1.82 bits per heavy atom. The third-order valence-electron chi connectivity index (χ3n) is 3.21. The molecule has 2 aromatic carbocycles. The number of nitrogens with one attached hydrogen (secondary N) is 1. The van der Waals surface area contributed by atoms with Crippen molar-refractivity contribution in [3.8, 4) is 0 Å². The SMILES string of the molecule is CC(C)=N/N=c1\sc2ccc(Nc3ccccc3)cc2n1C. The molecule has 0 spiro atoms. The maximum atomic E-state index is 4.31. The number of para-hydroxylation sites is 1.